The normalized spacial score (nSPS) is 23.5. The molecule has 0 aliphatic heterocycles. The van der Waals surface area contributed by atoms with Gasteiger partial charge in [-0.3, -0.25) is 0 Å². The van der Waals surface area contributed by atoms with Crippen LogP contribution in [0.25, 0.3) is 6.08 Å². The lowest BCUT2D eigenvalue weighted by molar-refractivity contribution is 0.102. The summed E-state index contributed by atoms with van der Waals surface area (Å²) in [4.78, 5) is 0. The van der Waals surface area contributed by atoms with E-state index in [4.69, 9.17) is 11.6 Å². The minimum absolute atomic E-state index is 0.215. The highest BCUT2D eigenvalue weighted by Crippen LogP contribution is 2.23. The molecule has 0 radical (unpaired) electrons. The van der Waals surface area contributed by atoms with Crippen LogP contribution in [0.5, 0.6) is 0 Å². The minimum atomic E-state index is -3.45. The molecule has 1 saturated carbocycles. The molecule has 1 aliphatic carbocycles. The van der Waals surface area contributed by atoms with Crippen molar-refractivity contribution in [2.75, 3.05) is 6.54 Å². The summed E-state index contributed by atoms with van der Waals surface area (Å²) in [6.45, 7) is 0.379. The largest absolute Gasteiger partial charge is 0.393 e. The summed E-state index contributed by atoms with van der Waals surface area (Å²) < 4.78 is 26.4. The fourth-order valence-corrected chi connectivity index (χ4v) is 3.50. The Bertz CT molecular complexity index is 583. The molecule has 1 aliphatic rings. The first-order chi connectivity index (χ1) is 9.94. The van der Waals surface area contributed by atoms with Crippen molar-refractivity contribution in [3.8, 4) is 0 Å². The van der Waals surface area contributed by atoms with E-state index in [1.807, 2.05) is 0 Å². The van der Waals surface area contributed by atoms with Crippen LogP contribution < -0.4 is 4.72 Å². The standard InChI is InChI=1S/C15H20ClNO3S/c16-14-6-4-12(5-7-14)8-9-21(19,20)17-11-13-2-1-3-15(18)10-13/h4-9,13,15,17-18H,1-3,10-11H2/b9-8+. The second kappa shape index (κ2) is 7.40. The topological polar surface area (TPSA) is 66.4 Å². The number of benzene rings is 1. The van der Waals surface area contributed by atoms with E-state index in [9.17, 15) is 13.5 Å². The molecule has 2 atom stereocenters. The highest BCUT2D eigenvalue weighted by molar-refractivity contribution is 7.92. The smallest absolute Gasteiger partial charge is 0.233 e. The maximum absolute atomic E-state index is 11.9. The van der Waals surface area contributed by atoms with Crippen LogP contribution in [-0.4, -0.2) is 26.2 Å². The second-order valence-electron chi connectivity index (χ2n) is 5.43. The Balaban J connectivity index is 1.88. The molecule has 0 aromatic heterocycles. The van der Waals surface area contributed by atoms with Crippen LogP contribution in [0, 0.1) is 5.92 Å². The fraction of sp³-hybridized carbons (Fsp3) is 0.467. The SMILES string of the molecule is O=S(=O)(/C=C/c1ccc(Cl)cc1)NCC1CCCC(O)C1. The summed E-state index contributed by atoms with van der Waals surface area (Å²) in [5, 5.41) is 11.4. The highest BCUT2D eigenvalue weighted by atomic mass is 35.5. The Kier molecular flexibility index (Phi) is 5.81. The summed E-state index contributed by atoms with van der Waals surface area (Å²) in [7, 11) is -3.45. The number of hydrogen-bond donors (Lipinski definition) is 2. The highest BCUT2D eigenvalue weighted by Gasteiger charge is 2.21. The van der Waals surface area contributed by atoms with Crippen molar-refractivity contribution in [1.29, 1.82) is 0 Å². The first kappa shape index (κ1) is 16.5. The molecule has 6 heteroatoms. The van der Waals surface area contributed by atoms with Gasteiger partial charge in [0.25, 0.3) is 0 Å². The van der Waals surface area contributed by atoms with Crippen molar-refractivity contribution >= 4 is 27.7 Å². The summed E-state index contributed by atoms with van der Waals surface area (Å²) in [6, 6.07) is 6.94. The number of rotatable bonds is 5. The first-order valence-electron chi connectivity index (χ1n) is 7.06. The summed E-state index contributed by atoms with van der Waals surface area (Å²) in [5.74, 6) is 0.215. The number of aliphatic hydroxyl groups is 1. The van der Waals surface area contributed by atoms with E-state index < -0.39 is 10.0 Å². The summed E-state index contributed by atoms with van der Waals surface area (Å²) in [5.41, 5.74) is 0.776. The zero-order valence-corrected chi connectivity index (χ0v) is 13.3. The predicted molar refractivity (Wildman–Crippen MR) is 85.4 cm³/mol. The third kappa shape index (κ3) is 5.79. The van der Waals surface area contributed by atoms with Crippen molar-refractivity contribution < 1.29 is 13.5 Å². The lowest BCUT2D eigenvalue weighted by Crippen LogP contribution is -2.31. The number of hydrogen-bond acceptors (Lipinski definition) is 3. The third-order valence-corrected chi connectivity index (χ3v) is 4.95. The van der Waals surface area contributed by atoms with Gasteiger partial charge in [0.2, 0.25) is 10.0 Å². The van der Waals surface area contributed by atoms with Crippen LogP contribution in [0.2, 0.25) is 5.02 Å². The molecule has 21 heavy (non-hydrogen) atoms. The molecule has 2 rings (SSSR count). The average molecular weight is 330 g/mol. The molecular weight excluding hydrogens is 310 g/mol. The quantitative estimate of drug-likeness (QED) is 0.873. The molecule has 0 bridgehead atoms. The van der Waals surface area contributed by atoms with Gasteiger partial charge in [0.15, 0.2) is 0 Å². The van der Waals surface area contributed by atoms with E-state index in [-0.39, 0.29) is 12.0 Å². The molecule has 1 aromatic carbocycles. The van der Waals surface area contributed by atoms with Crippen molar-refractivity contribution in [2.45, 2.75) is 31.8 Å². The lowest BCUT2D eigenvalue weighted by atomic mass is 9.87. The Hall–Kier alpha value is -0.880. The van der Waals surface area contributed by atoms with E-state index in [1.54, 1.807) is 24.3 Å². The van der Waals surface area contributed by atoms with E-state index in [0.717, 1.165) is 30.2 Å². The van der Waals surface area contributed by atoms with E-state index in [1.165, 1.54) is 6.08 Å². The van der Waals surface area contributed by atoms with E-state index in [2.05, 4.69) is 4.72 Å². The van der Waals surface area contributed by atoms with Crippen LogP contribution >= 0.6 is 11.6 Å². The van der Waals surface area contributed by atoms with Crippen molar-refractivity contribution in [1.82, 2.24) is 4.72 Å². The van der Waals surface area contributed by atoms with Gasteiger partial charge in [-0.1, -0.05) is 30.2 Å². The first-order valence-corrected chi connectivity index (χ1v) is 8.98. The third-order valence-electron chi connectivity index (χ3n) is 3.64. The molecule has 1 fully saturated rings. The maximum atomic E-state index is 11.9. The molecule has 0 amide bonds. The second-order valence-corrected chi connectivity index (χ2v) is 7.52. The molecule has 0 heterocycles. The van der Waals surface area contributed by atoms with Gasteiger partial charge in [0, 0.05) is 17.0 Å². The molecule has 116 valence electrons. The summed E-state index contributed by atoms with van der Waals surface area (Å²) in [6.07, 6.45) is 4.64. The minimum Gasteiger partial charge on any atom is -0.393 e. The van der Waals surface area contributed by atoms with Gasteiger partial charge in [0.05, 0.1) is 6.10 Å². The molecule has 2 N–H and O–H groups in total. The van der Waals surface area contributed by atoms with E-state index in [0.29, 0.717) is 18.0 Å². The lowest BCUT2D eigenvalue weighted by Gasteiger charge is -2.25. The van der Waals surface area contributed by atoms with Gasteiger partial charge in [-0.05, 0) is 49.0 Å². The molecule has 2 unspecified atom stereocenters. The van der Waals surface area contributed by atoms with Gasteiger partial charge >= 0.3 is 0 Å². The number of halogens is 1. The predicted octanol–water partition coefficient (Wildman–Crippen LogP) is 2.78. The van der Waals surface area contributed by atoms with Crippen molar-refractivity contribution in [3.05, 3.63) is 40.3 Å². The van der Waals surface area contributed by atoms with Gasteiger partial charge < -0.3 is 5.11 Å². The Morgan fingerprint density at radius 1 is 1.29 bits per heavy atom. The Morgan fingerprint density at radius 3 is 2.67 bits per heavy atom. The van der Waals surface area contributed by atoms with Crippen LogP contribution in [0.3, 0.4) is 0 Å². The Morgan fingerprint density at radius 2 is 2.00 bits per heavy atom. The fourth-order valence-electron chi connectivity index (χ4n) is 2.47. The van der Waals surface area contributed by atoms with Gasteiger partial charge in [0.1, 0.15) is 0 Å². The zero-order valence-electron chi connectivity index (χ0n) is 11.7. The molecule has 1 aromatic rings. The van der Waals surface area contributed by atoms with Crippen molar-refractivity contribution in [2.24, 2.45) is 5.92 Å². The van der Waals surface area contributed by atoms with Gasteiger partial charge in [-0.15, -0.1) is 0 Å². The maximum Gasteiger partial charge on any atom is 0.233 e. The van der Waals surface area contributed by atoms with Crippen LogP contribution in [0.1, 0.15) is 31.2 Å². The van der Waals surface area contributed by atoms with Gasteiger partial charge in [-0.2, -0.15) is 0 Å². The van der Waals surface area contributed by atoms with Crippen LogP contribution in [0.15, 0.2) is 29.7 Å². The van der Waals surface area contributed by atoms with Gasteiger partial charge in [-0.25, -0.2) is 13.1 Å². The van der Waals surface area contributed by atoms with Crippen molar-refractivity contribution in [3.63, 3.8) is 0 Å². The van der Waals surface area contributed by atoms with E-state index >= 15 is 0 Å². The summed E-state index contributed by atoms with van der Waals surface area (Å²) >= 11 is 5.77. The molecule has 0 saturated heterocycles. The Labute approximate surface area is 130 Å². The number of aliphatic hydroxyl groups excluding tert-OH is 1. The van der Waals surface area contributed by atoms with Crippen LogP contribution in [-0.2, 0) is 10.0 Å². The monoisotopic (exact) mass is 329 g/mol. The number of sulfonamides is 1. The number of nitrogens with one attached hydrogen (secondary N) is 1. The molecular formula is C15H20ClNO3S. The zero-order chi connectivity index (χ0) is 15.3. The average Bonchev–Trinajstić information content (AvgIpc) is 2.45. The molecule has 4 nitrogen and oxygen atoms in total. The van der Waals surface area contributed by atoms with Crippen LogP contribution in [0.4, 0.5) is 0 Å². The molecule has 0 spiro atoms.